The average Bonchev–Trinajstić information content (AvgIpc) is 2.43. The normalized spacial score (nSPS) is 12.1. The molecule has 4 N–H and O–H groups in total. The Hall–Kier alpha value is -0.120. The number of rotatable bonds is 16. The molecule has 0 aliphatic carbocycles. The highest BCUT2D eigenvalue weighted by atomic mass is 16.3. The van der Waals surface area contributed by atoms with E-state index in [0.29, 0.717) is 0 Å². The van der Waals surface area contributed by atoms with E-state index >= 15 is 0 Å². The second-order valence-corrected chi connectivity index (χ2v) is 6.36. The lowest BCUT2D eigenvalue weighted by atomic mass is 10.0. The minimum absolute atomic E-state index is 0. The average molecular weight is 304 g/mol. The van der Waals surface area contributed by atoms with E-state index in [1.807, 2.05) is 12.2 Å². The van der Waals surface area contributed by atoms with Crippen LogP contribution in [0.4, 0.5) is 0 Å². The lowest BCUT2D eigenvalue weighted by Gasteiger charge is -2.04. The van der Waals surface area contributed by atoms with Crippen molar-refractivity contribution in [2.45, 2.75) is 110 Å². The van der Waals surface area contributed by atoms with Gasteiger partial charge in [0.25, 0.3) is 0 Å². The summed E-state index contributed by atoms with van der Waals surface area (Å²) in [6.45, 7) is 5.20. The highest BCUT2D eigenvalue weighted by Gasteiger charge is 1.97. The maximum atomic E-state index is 9.10. The van der Waals surface area contributed by atoms with E-state index in [1.165, 1.54) is 89.9 Å². The third kappa shape index (κ3) is 22.3. The predicted molar refractivity (Wildman–Crippen MR) is 90.7 cm³/mol. The van der Waals surface area contributed by atoms with Gasteiger partial charge < -0.3 is 15.9 Å². The van der Waals surface area contributed by atoms with E-state index in [2.05, 4.69) is 6.92 Å². The summed E-state index contributed by atoms with van der Waals surface area (Å²) < 4.78 is 0. The fourth-order valence-electron chi connectivity index (χ4n) is 2.70. The molecule has 0 aromatic heterocycles. The summed E-state index contributed by atoms with van der Waals surface area (Å²) >= 11 is 0. The zero-order valence-corrected chi connectivity index (χ0v) is 14.7. The van der Waals surface area contributed by atoms with Gasteiger partial charge in [-0.3, -0.25) is 0 Å². The zero-order valence-electron chi connectivity index (χ0n) is 14.7. The summed E-state index contributed by atoms with van der Waals surface area (Å²) in [6, 6.07) is 0. The van der Waals surface area contributed by atoms with E-state index in [0.717, 1.165) is 6.54 Å². The van der Waals surface area contributed by atoms with Crippen molar-refractivity contribution in [2.75, 3.05) is 6.54 Å². The minimum Gasteiger partial charge on any atom is -0.870 e. The van der Waals surface area contributed by atoms with E-state index < -0.39 is 0 Å². The number of hydrogen-bond acceptors (Lipinski definition) is 2. The molecule has 0 aliphatic rings. The lowest BCUT2D eigenvalue weighted by Crippen LogP contribution is -2.89. The Morgan fingerprint density at radius 2 is 1.00 bits per heavy atom. The summed E-state index contributed by atoms with van der Waals surface area (Å²) in [7, 11) is 0. The van der Waals surface area contributed by atoms with Crippen molar-refractivity contribution in [1.29, 1.82) is 0 Å². The SMILES string of the molecule is CCCCCCCCCCCCCCCC[NH2+]C(C)O.[OH-]. The fourth-order valence-corrected chi connectivity index (χ4v) is 2.70. The van der Waals surface area contributed by atoms with Gasteiger partial charge in [-0.1, -0.05) is 84.0 Å². The molecular formula is C18H41NO2. The molecule has 0 aromatic carbocycles. The number of quaternary nitrogens is 1. The van der Waals surface area contributed by atoms with E-state index in [-0.39, 0.29) is 11.7 Å². The molecule has 0 spiro atoms. The first-order valence-electron chi connectivity index (χ1n) is 9.28. The monoisotopic (exact) mass is 303 g/mol. The summed E-state index contributed by atoms with van der Waals surface area (Å²) in [5.41, 5.74) is 0. The molecule has 0 rings (SSSR count). The summed E-state index contributed by atoms with van der Waals surface area (Å²) in [5, 5.41) is 11.1. The highest BCUT2D eigenvalue weighted by molar-refractivity contribution is 4.49. The van der Waals surface area contributed by atoms with Crippen molar-refractivity contribution >= 4 is 0 Å². The van der Waals surface area contributed by atoms with Crippen molar-refractivity contribution in [3.63, 3.8) is 0 Å². The molecule has 0 saturated heterocycles. The van der Waals surface area contributed by atoms with E-state index in [1.54, 1.807) is 0 Å². The molecule has 0 radical (unpaired) electrons. The first-order valence-corrected chi connectivity index (χ1v) is 9.28. The Labute approximate surface area is 133 Å². The first kappa shape index (κ1) is 23.2. The van der Waals surface area contributed by atoms with Crippen LogP contribution in [0.25, 0.3) is 0 Å². The molecule has 3 heteroatoms. The molecule has 1 unspecified atom stereocenters. The van der Waals surface area contributed by atoms with Crippen LogP contribution >= 0.6 is 0 Å². The molecule has 0 amide bonds. The van der Waals surface area contributed by atoms with Gasteiger partial charge in [0.2, 0.25) is 0 Å². The smallest absolute Gasteiger partial charge is 0.184 e. The molecule has 21 heavy (non-hydrogen) atoms. The molecular weight excluding hydrogens is 262 g/mol. The van der Waals surface area contributed by atoms with Crippen LogP contribution in [-0.2, 0) is 0 Å². The van der Waals surface area contributed by atoms with Gasteiger partial charge in [0, 0.05) is 6.92 Å². The lowest BCUT2D eigenvalue weighted by molar-refractivity contribution is -0.720. The Morgan fingerprint density at radius 1 is 0.667 bits per heavy atom. The fraction of sp³-hybridized carbons (Fsp3) is 1.00. The predicted octanol–water partition coefficient (Wildman–Crippen LogP) is 4.19. The van der Waals surface area contributed by atoms with Crippen LogP contribution in [0.15, 0.2) is 0 Å². The molecule has 0 heterocycles. The molecule has 0 aromatic rings. The van der Waals surface area contributed by atoms with Crippen LogP contribution < -0.4 is 5.32 Å². The van der Waals surface area contributed by atoms with E-state index in [4.69, 9.17) is 5.11 Å². The van der Waals surface area contributed by atoms with Gasteiger partial charge in [0.05, 0.1) is 6.54 Å². The molecule has 0 aliphatic heterocycles. The summed E-state index contributed by atoms with van der Waals surface area (Å²) in [4.78, 5) is 0. The summed E-state index contributed by atoms with van der Waals surface area (Å²) in [5.74, 6) is 0. The Morgan fingerprint density at radius 3 is 1.33 bits per heavy atom. The van der Waals surface area contributed by atoms with E-state index in [9.17, 15) is 0 Å². The van der Waals surface area contributed by atoms with Crippen molar-refractivity contribution in [3.05, 3.63) is 0 Å². The number of aliphatic hydroxyl groups is 1. The summed E-state index contributed by atoms with van der Waals surface area (Å²) in [6.07, 6.45) is 19.5. The van der Waals surface area contributed by atoms with Crippen molar-refractivity contribution in [3.8, 4) is 0 Å². The number of unbranched alkanes of at least 4 members (excludes halogenated alkanes) is 13. The van der Waals surface area contributed by atoms with Gasteiger partial charge in [-0.15, -0.1) is 0 Å². The zero-order chi connectivity index (χ0) is 14.9. The van der Waals surface area contributed by atoms with Crippen molar-refractivity contribution in [2.24, 2.45) is 0 Å². The Balaban J connectivity index is 0. The third-order valence-corrected chi connectivity index (χ3v) is 4.07. The molecule has 130 valence electrons. The van der Waals surface area contributed by atoms with Gasteiger partial charge >= 0.3 is 0 Å². The van der Waals surface area contributed by atoms with Crippen molar-refractivity contribution in [1.82, 2.24) is 0 Å². The highest BCUT2D eigenvalue weighted by Crippen LogP contribution is 2.12. The van der Waals surface area contributed by atoms with Gasteiger partial charge in [-0.25, -0.2) is 0 Å². The van der Waals surface area contributed by atoms with Gasteiger partial charge in [0.15, 0.2) is 6.23 Å². The first-order chi connectivity index (χ1) is 9.77. The van der Waals surface area contributed by atoms with Crippen LogP contribution in [0.2, 0.25) is 0 Å². The second-order valence-electron chi connectivity index (χ2n) is 6.36. The number of nitrogens with two attached hydrogens (primary N) is 1. The van der Waals surface area contributed by atoms with Crippen molar-refractivity contribution < 1.29 is 15.9 Å². The molecule has 3 nitrogen and oxygen atoms in total. The maximum absolute atomic E-state index is 9.10. The third-order valence-electron chi connectivity index (χ3n) is 4.07. The molecule has 0 saturated carbocycles. The Bertz CT molecular complexity index is 175. The van der Waals surface area contributed by atoms with Crippen LogP contribution in [-0.4, -0.2) is 23.4 Å². The standard InChI is InChI=1S/C18H39NO.H2O/c1-3-4-5-6-7-8-9-10-11-12-13-14-15-16-17-19-18(2)20;/h18-20H,3-17H2,1-2H3;1H2. The minimum atomic E-state index is -0.225. The molecule has 0 fully saturated rings. The number of hydrogen-bond donors (Lipinski definition) is 2. The largest absolute Gasteiger partial charge is 0.870 e. The van der Waals surface area contributed by atoms with Gasteiger partial charge in [-0.05, 0) is 12.8 Å². The van der Waals surface area contributed by atoms with Crippen LogP contribution in [0, 0.1) is 0 Å². The second kappa shape index (κ2) is 19.9. The quantitative estimate of drug-likeness (QED) is 0.331. The topological polar surface area (TPSA) is 66.8 Å². The maximum Gasteiger partial charge on any atom is 0.184 e. The van der Waals surface area contributed by atoms with Gasteiger partial charge in [-0.2, -0.15) is 0 Å². The number of aliphatic hydroxyl groups excluding tert-OH is 1. The van der Waals surface area contributed by atoms with Crippen LogP contribution in [0.3, 0.4) is 0 Å². The van der Waals surface area contributed by atoms with Crippen LogP contribution in [0.1, 0.15) is 104 Å². The van der Waals surface area contributed by atoms with Gasteiger partial charge in [0.1, 0.15) is 0 Å². The molecule has 1 atom stereocenters. The van der Waals surface area contributed by atoms with Crippen LogP contribution in [0.5, 0.6) is 0 Å². The Kier molecular flexibility index (Phi) is 21.9. The molecule has 0 bridgehead atoms.